The van der Waals surface area contributed by atoms with E-state index in [1.54, 1.807) is 0 Å². The van der Waals surface area contributed by atoms with Gasteiger partial charge in [-0.3, -0.25) is 15.2 Å². The van der Waals surface area contributed by atoms with Crippen molar-refractivity contribution >= 4 is 0 Å². The molecule has 0 aromatic carbocycles. The monoisotopic (exact) mass is 248 g/mol. The van der Waals surface area contributed by atoms with Gasteiger partial charge in [0.15, 0.2) is 0 Å². The molecule has 98 valence electrons. The van der Waals surface area contributed by atoms with E-state index in [0.29, 0.717) is 0 Å². The van der Waals surface area contributed by atoms with Crippen LogP contribution in [0.2, 0.25) is 0 Å². The molecule has 2 aromatic rings. The Hall–Kier alpha value is -1.66. The van der Waals surface area contributed by atoms with Gasteiger partial charge in [-0.1, -0.05) is 6.92 Å². The summed E-state index contributed by atoms with van der Waals surface area (Å²) in [6.45, 7) is 5.08. The predicted molar refractivity (Wildman–Crippen MR) is 69.6 cm³/mol. The molecule has 0 bridgehead atoms. The third-order valence-electron chi connectivity index (χ3n) is 3.19. The Kier molecular flexibility index (Phi) is 3.78. The molecular formula is C12H20N6. The Morgan fingerprint density at radius 3 is 2.72 bits per heavy atom. The third-order valence-corrected chi connectivity index (χ3v) is 3.19. The maximum atomic E-state index is 5.67. The van der Waals surface area contributed by atoms with Crippen molar-refractivity contribution in [1.29, 1.82) is 0 Å². The van der Waals surface area contributed by atoms with Gasteiger partial charge in [0.1, 0.15) is 0 Å². The number of hydrazine groups is 1. The van der Waals surface area contributed by atoms with Crippen LogP contribution in [-0.2, 0) is 13.6 Å². The van der Waals surface area contributed by atoms with Gasteiger partial charge in [-0.25, -0.2) is 5.43 Å². The standard InChI is InChI=1S/C12H20N6/c1-4-5-18-8-10(6-15-18)12(16-13)11-7-14-17(3)9(11)2/h6-8,12,16H,4-5,13H2,1-3H3. The molecule has 2 rings (SSSR count). The van der Waals surface area contributed by atoms with E-state index in [0.717, 1.165) is 29.8 Å². The van der Waals surface area contributed by atoms with E-state index in [1.807, 2.05) is 41.9 Å². The van der Waals surface area contributed by atoms with Crippen LogP contribution in [0.5, 0.6) is 0 Å². The molecule has 2 aromatic heterocycles. The van der Waals surface area contributed by atoms with E-state index in [9.17, 15) is 0 Å². The second-order valence-electron chi connectivity index (χ2n) is 4.45. The number of nitrogens with two attached hydrogens (primary N) is 1. The molecular weight excluding hydrogens is 228 g/mol. The Morgan fingerprint density at radius 1 is 1.39 bits per heavy atom. The molecule has 18 heavy (non-hydrogen) atoms. The normalized spacial score (nSPS) is 12.9. The van der Waals surface area contributed by atoms with E-state index in [4.69, 9.17) is 5.84 Å². The Balaban J connectivity index is 2.30. The molecule has 0 spiro atoms. The first-order valence-electron chi connectivity index (χ1n) is 6.14. The van der Waals surface area contributed by atoms with Gasteiger partial charge in [0, 0.05) is 36.6 Å². The first kappa shape index (κ1) is 12.8. The summed E-state index contributed by atoms with van der Waals surface area (Å²) in [5.41, 5.74) is 6.07. The summed E-state index contributed by atoms with van der Waals surface area (Å²) in [7, 11) is 1.92. The minimum Gasteiger partial charge on any atom is -0.273 e. The predicted octanol–water partition coefficient (Wildman–Crippen LogP) is 0.888. The zero-order valence-electron chi connectivity index (χ0n) is 11.1. The van der Waals surface area contributed by atoms with Gasteiger partial charge in [-0.05, 0) is 13.3 Å². The largest absolute Gasteiger partial charge is 0.273 e. The van der Waals surface area contributed by atoms with Crippen molar-refractivity contribution < 1.29 is 0 Å². The van der Waals surface area contributed by atoms with Crippen LogP contribution in [0.4, 0.5) is 0 Å². The maximum absolute atomic E-state index is 5.67. The molecule has 1 atom stereocenters. The highest BCUT2D eigenvalue weighted by Crippen LogP contribution is 2.23. The lowest BCUT2D eigenvalue weighted by Gasteiger charge is -2.13. The van der Waals surface area contributed by atoms with Crippen LogP contribution < -0.4 is 11.3 Å². The molecule has 6 nitrogen and oxygen atoms in total. The van der Waals surface area contributed by atoms with Gasteiger partial charge in [-0.2, -0.15) is 10.2 Å². The van der Waals surface area contributed by atoms with Crippen LogP contribution >= 0.6 is 0 Å². The molecule has 0 aliphatic carbocycles. The van der Waals surface area contributed by atoms with Crippen molar-refractivity contribution in [2.75, 3.05) is 0 Å². The highest BCUT2D eigenvalue weighted by Gasteiger charge is 2.18. The van der Waals surface area contributed by atoms with Crippen LogP contribution in [0.25, 0.3) is 0 Å². The van der Waals surface area contributed by atoms with Crippen molar-refractivity contribution in [2.24, 2.45) is 12.9 Å². The quantitative estimate of drug-likeness (QED) is 0.608. The van der Waals surface area contributed by atoms with Crippen molar-refractivity contribution in [2.45, 2.75) is 32.9 Å². The molecule has 0 fully saturated rings. The fourth-order valence-corrected chi connectivity index (χ4v) is 2.04. The molecule has 0 radical (unpaired) electrons. The molecule has 0 saturated carbocycles. The van der Waals surface area contributed by atoms with Crippen LogP contribution in [0.1, 0.15) is 36.2 Å². The number of nitrogens with zero attached hydrogens (tertiary/aromatic N) is 4. The van der Waals surface area contributed by atoms with E-state index in [2.05, 4.69) is 22.5 Å². The zero-order valence-corrected chi connectivity index (χ0v) is 11.1. The lowest BCUT2D eigenvalue weighted by atomic mass is 10.0. The second kappa shape index (κ2) is 5.32. The van der Waals surface area contributed by atoms with E-state index in [-0.39, 0.29) is 6.04 Å². The molecule has 2 heterocycles. The average Bonchev–Trinajstić information content (AvgIpc) is 2.93. The summed E-state index contributed by atoms with van der Waals surface area (Å²) in [5.74, 6) is 5.67. The minimum atomic E-state index is -0.0655. The number of nitrogens with one attached hydrogen (secondary N) is 1. The highest BCUT2D eigenvalue weighted by molar-refractivity contribution is 5.30. The van der Waals surface area contributed by atoms with E-state index >= 15 is 0 Å². The summed E-state index contributed by atoms with van der Waals surface area (Å²) >= 11 is 0. The van der Waals surface area contributed by atoms with Crippen molar-refractivity contribution in [3.63, 3.8) is 0 Å². The van der Waals surface area contributed by atoms with Crippen LogP contribution in [0, 0.1) is 6.92 Å². The maximum Gasteiger partial charge on any atom is 0.0774 e. The SMILES string of the molecule is CCCn1cc(C(NN)c2cnn(C)c2C)cn1. The van der Waals surface area contributed by atoms with Gasteiger partial charge >= 0.3 is 0 Å². The van der Waals surface area contributed by atoms with E-state index < -0.39 is 0 Å². The van der Waals surface area contributed by atoms with Crippen molar-refractivity contribution in [3.8, 4) is 0 Å². The smallest absolute Gasteiger partial charge is 0.0774 e. The van der Waals surface area contributed by atoms with Crippen LogP contribution in [0.15, 0.2) is 18.6 Å². The molecule has 1 unspecified atom stereocenters. The summed E-state index contributed by atoms with van der Waals surface area (Å²) in [6.07, 6.45) is 6.79. The van der Waals surface area contributed by atoms with Gasteiger partial charge in [-0.15, -0.1) is 0 Å². The fraction of sp³-hybridized carbons (Fsp3) is 0.500. The minimum absolute atomic E-state index is 0.0655. The Morgan fingerprint density at radius 2 is 2.17 bits per heavy atom. The first-order valence-corrected chi connectivity index (χ1v) is 6.14. The molecule has 6 heteroatoms. The number of aryl methyl sites for hydroxylation is 2. The van der Waals surface area contributed by atoms with Gasteiger partial charge in [0.25, 0.3) is 0 Å². The van der Waals surface area contributed by atoms with Gasteiger partial charge in [0.2, 0.25) is 0 Å². The molecule has 0 aliphatic heterocycles. The Labute approximate surface area is 107 Å². The van der Waals surface area contributed by atoms with Crippen molar-refractivity contribution in [3.05, 3.63) is 35.4 Å². The summed E-state index contributed by atoms with van der Waals surface area (Å²) in [5, 5.41) is 8.58. The fourth-order valence-electron chi connectivity index (χ4n) is 2.04. The van der Waals surface area contributed by atoms with Gasteiger partial charge < -0.3 is 0 Å². The highest BCUT2D eigenvalue weighted by atomic mass is 15.3. The number of aromatic nitrogens is 4. The lowest BCUT2D eigenvalue weighted by Crippen LogP contribution is -2.29. The zero-order chi connectivity index (χ0) is 13.1. The number of hydrogen-bond acceptors (Lipinski definition) is 4. The number of rotatable bonds is 5. The third kappa shape index (κ3) is 2.30. The lowest BCUT2D eigenvalue weighted by molar-refractivity contribution is 0.597. The Bertz CT molecular complexity index is 512. The average molecular weight is 248 g/mol. The molecule has 3 N–H and O–H groups in total. The summed E-state index contributed by atoms with van der Waals surface area (Å²) in [6, 6.07) is -0.0655. The van der Waals surface area contributed by atoms with E-state index in [1.165, 1.54) is 0 Å². The second-order valence-corrected chi connectivity index (χ2v) is 4.45. The van der Waals surface area contributed by atoms with Gasteiger partial charge in [0.05, 0.1) is 18.4 Å². The van der Waals surface area contributed by atoms with Crippen LogP contribution in [-0.4, -0.2) is 19.6 Å². The van der Waals surface area contributed by atoms with Crippen molar-refractivity contribution in [1.82, 2.24) is 25.0 Å². The first-order chi connectivity index (χ1) is 8.67. The molecule has 0 amide bonds. The summed E-state index contributed by atoms with van der Waals surface area (Å²) in [4.78, 5) is 0. The number of hydrogen-bond donors (Lipinski definition) is 2. The summed E-state index contributed by atoms with van der Waals surface area (Å²) < 4.78 is 3.78. The molecule has 0 saturated heterocycles. The topological polar surface area (TPSA) is 73.7 Å². The molecule has 0 aliphatic rings. The van der Waals surface area contributed by atoms with Crippen LogP contribution in [0.3, 0.4) is 0 Å².